The van der Waals surface area contributed by atoms with E-state index in [1.54, 1.807) is 31.4 Å². The summed E-state index contributed by atoms with van der Waals surface area (Å²) in [5.74, 6) is 0.758. The Morgan fingerprint density at radius 1 is 1.28 bits per heavy atom. The average molecular weight is 467 g/mol. The number of allylic oxidation sites excluding steroid dienone is 1. The van der Waals surface area contributed by atoms with Gasteiger partial charge < -0.3 is 14.8 Å². The molecule has 0 saturated heterocycles. The number of carbonyl (C=O) groups excluding carboxylic acids is 2. The van der Waals surface area contributed by atoms with Gasteiger partial charge in [-0.3, -0.25) is 9.59 Å². The van der Waals surface area contributed by atoms with Gasteiger partial charge in [0.1, 0.15) is 11.5 Å². The molecule has 128 valence electrons. The van der Waals surface area contributed by atoms with Crippen molar-refractivity contribution in [3.8, 4) is 11.5 Å². The van der Waals surface area contributed by atoms with Crippen molar-refractivity contribution in [2.24, 2.45) is 0 Å². The maximum atomic E-state index is 12.5. The number of anilines is 1. The number of rotatable bonds is 4. The van der Waals surface area contributed by atoms with Gasteiger partial charge in [-0.15, -0.1) is 0 Å². The van der Waals surface area contributed by atoms with Crippen molar-refractivity contribution < 1.29 is 19.1 Å². The summed E-state index contributed by atoms with van der Waals surface area (Å²) in [5, 5.41) is 2.69. The Morgan fingerprint density at radius 3 is 2.84 bits per heavy atom. The zero-order valence-electron chi connectivity index (χ0n) is 13.1. The van der Waals surface area contributed by atoms with Crippen LogP contribution in [0.5, 0.6) is 11.5 Å². The molecule has 0 unspecified atom stereocenters. The molecule has 1 amide bonds. The molecule has 25 heavy (non-hydrogen) atoms. The van der Waals surface area contributed by atoms with Crippen molar-refractivity contribution in [2.45, 2.75) is 0 Å². The molecule has 5 nitrogen and oxygen atoms in total. The maximum absolute atomic E-state index is 12.5. The maximum Gasteiger partial charge on any atom is 0.262 e. The summed E-state index contributed by atoms with van der Waals surface area (Å²) in [5.41, 5.74) is 1.71. The number of amides is 1. The van der Waals surface area contributed by atoms with E-state index in [1.165, 1.54) is 6.08 Å². The van der Waals surface area contributed by atoms with Gasteiger partial charge in [0, 0.05) is 15.6 Å². The van der Waals surface area contributed by atoms with E-state index in [-0.39, 0.29) is 18.3 Å². The number of ketones is 1. The van der Waals surface area contributed by atoms with Crippen LogP contribution in [0.15, 0.2) is 45.4 Å². The van der Waals surface area contributed by atoms with Crippen molar-refractivity contribution >= 4 is 55.3 Å². The molecule has 1 N–H and O–H groups in total. The smallest absolute Gasteiger partial charge is 0.262 e. The van der Waals surface area contributed by atoms with Gasteiger partial charge in [0.15, 0.2) is 12.4 Å². The molecule has 0 aliphatic carbocycles. The first-order valence-corrected chi connectivity index (χ1v) is 8.88. The number of nitrogens with one attached hydrogen (secondary N) is 1. The van der Waals surface area contributed by atoms with E-state index in [4.69, 9.17) is 9.47 Å². The third kappa shape index (κ3) is 3.93. The highest BCUT2D eigenvalue weighted by molar-refractivity contribution is 9.11. The second kappa shape index (κ2) is 7.41. The fourth-order valence-corrected chi connectivity index (χ4v) is 3.84. The summed E-state index contributed by atoms with van der Waals surface area (Å²) in [6.07, 6.45) is 3.15. The van der Waals surface area contributed by atoms with E-state index in [2.05, 4.69) is 37.2 Å². The number of fused-ring (bicyclic) bond motifs is 1. The lowest BCUT2D eigenvalue weighted by atomic mass is 10.1. The fraction of sp³-hybridized carbons (Fsp3) is 0.111. The molecule has 0 spiro atoms. The van der Waals surface area contributed by atoms with Crippen LogP contribution in [0.1, 0.15) is 15.9 Å². The van der Waals surface area contributed by atoms with Crippen molar-refractivity contribution in [3.63, 3.8) is 0 Å². The topological polar surface area (TPSA) is 64.6 Å². The van der Waals surface area contributed by atoms with E-state index in [0.29, 0.717) is 22.7 Å². The second-order valence-corrected chi connectivity index (χ2v) is 7.03. The fourth-order valence-electron chi connectivity index (χ4n) is 2.42. The Morgan fingerprint density at radius 2 is 2.08 bits per heavy atom. The summed E-state index contributed by atoms with van der Waals surface area (Å²) >= 11 is 6.85. The molecule has 0 radical (unpaired) electrons. The molecule has 1 aliphatic heterocycles. The highest BCUT2D eigenvalue weighted by atomic mass is 79.9. The van der Waals surface area contributed by atoms with Gasteiger partial charge in [-0.2, -0.15) is 0 Å². The minimum Gasteiger partial charge on any atom is -0.495 e. The van der Waals surface area contributed by atoms with Gasteiger partial charge in [-0.1, -0.05) is 15.9 Å². The van der Waals surface area contributed by atoms with Crippen molar-refractivity contribution in [2.75, 3.05) is 19.0 Å². The van der Waals surface area contributed by atoms with Crippen LogP contribution in [0.3, 0.4) is 0 Å². The molecule has 1 aliphatic rings. The number of methoxy groups -OCH3 is 1. The standard InChI is InChI=1S/C18H13Br2NO4/c1-24-18-11(6-12(19)8-13(18)20)2-4-15(22)10-3-5-16-14(7-10)21-17(23)9-25-16/h2-8H,9H2,1H3,(H,21,23). The van der Waals surface area contributed by atoms with Crippen LogP contribution in [-0.4, -0.2) is 25.4 Å². The van der Waals surface area contributed by atoms with Gasteiger partial charge >= 0.3 is 0 Å². The van der Waals surface area contributed by atoms with E-state index in [1.807, 2.05) is 12.1 Å². The SMILES string of the molecule is COc1c(Br)cc(Br)cc1C=CC(=O)c1ccc2c(c1)NC(=O)CO2. The van der Waals surface area contributed by atoms with Crippen molar-refractivity contribution in [3.05, 3.63) is 56.5 Å². The Labute approximate surface area is 161 Å². The molecule has 7 heteroatoms. The predicted molar refractivity (Wildman–Crippen MR) is 102 cm³/mol. The van der Waals surface area contributed by atoms with Gasteiger partial charge in [-0.25, -0.2) is 0 Å². The first kappa shape index (κ1) is 17.7. The van der Waals surface area contributed by atoms with Crippen molar-refractivity contribution in [1.82, 2.24) is 0 Å². The largest absolute Gasteiger partial charge is 0.495 e. The van der Waals surface area contributed by atoms with Crippen LogP contribution in [0.25, 0.3) is 6.08 Å². The summed E-state index contributed by atoms with van der Waals surface area (Å²) in [7, 11) is 1.57. The normalized spacial score (nSPS) is 13.2. The highest BCUT2D eigenvalue weighted by Gasteiger charge is 2.17. The molecule has 3 rings (SSSR count). The number of hydrogen-bond acceptors (Lipinski definition) is 4. The molecule has 2 aromatic carbocycles. The monoisotopic (exact) mass is 465 g/mol. The van der Waals surface area contributed by atoms with E-state index >= 15 is 0 Å². The first-order valence-electron chi connectivity index (χ1n) is 7.30. The molecule has 0 bridgehead atoms. The molecule has 1 heterocycles. The quantitative estimate of drug-likeness (QED) is 0.534. The molecule has 0 aromatic heterocycles. The third-order valence-corrected chi connectivity index (χ3v) is 4.60. The minimum absolute atomic E-state index is 0.0161. The number of ether oxygens (including phenoxy) is 2. The Balaban J connectivity index is 1.87. The molecule has 0 atom stereocenters. The van der Waals surface area contributed by atoms with Gasteiger partial charge in [0.25, 0.3) is 5.91 Å². The summed E-state index contributed by atoms with van der Waals surface area (Å²) in [6, 6.07) is 8.66. The Hall–Kier alpha value is -2.12. The summed E-state index contributed by atoms with van der Waals surface area (Å²) in [4.78, 5) is 23.8. The van der Waals surface area contributed by atoms with Crippen LogP contribution in [0, 0.1) is 0 Å². The lowest BCUT2D eigenvalue weighted by molar-refractivity contribution is -0.118. The van der Waals surface area contributed by atoms with Crippen LogP contribution in [-0.2, 0) is 4.79 Å². The van der Waals surface area contributed by atoms with Crippen LogP contribution < -0.4 is 14.8 Å². The average Bonchev–Trinajstić information content (AvgIpc) is 2.58. The predicted octanol–water partition coefficient (Wildman–Crippen LogP) is 4.45. The van der Waals surface area contributed by atoms with Gasteiger partial charge in [0.05, 0.1) is 17.3 Å². The minimum atomic E-state index is -0.239. The number of carbonyl (C=O) groups is 2. The highest BCUT2D eigenvalue weighted by Crippen LogP contribution is 2.34. The third-order valence-electron chi connectivity index (χ3n) is 3.55. The molecular weight excluding hydrogens is 454 g/mol. The van der Waals surface area contributed by atoms with E-state index in [9.17, 15) is 9.59 Å². The van der Waals surface area contributed by atoms with Gasteiger partial charge in [0.2, 0.25) is 0 Å². The molecular formula is C18H13Br2NO4. The zero-order chi connectivity index (χ0) is 18.0. The second-order valence-electron chi connectivity index (χ2n) is 5.26. The number of benzene rings is 2. The summed E-state index contributed by atoms with van der Waals surface area (Å²) in [6.45, 7) is -0.0161. The van der Waals surface area contributed by atoms with E-state index in [0.717, 1.165) is 14.5 Å². The lowest BCUT2D eigenvalue weighted by Crippen LogP contribution is -2.25. The first-order chi connectivity index (χ1) is 12.0. The van der Waals surface area contributed by atoms with Crippen LogP contribution in [0.4, 0.5) is 5.69 Å². The lowest BCUT2D eigenvalue weighted by Gasteiger charge is -2.18. The molecule has 0 fully saturated rings. The van der Waals surface area contributed by atoms with Crippen molar-refractivity contribution in [1.29, 1.82) is 0 Å². The molecule has 2 aromatic rings. The number of hydrogen-bond donors (Lipinski definition) is 1. The Kier molecular flexibility index (Phi) is 5.24. The van der Waals surface area contributed by atoms with E-state index < -0.39 is 0 Å². The van der Waals surface area contributed by atoms with Crippen LogP contribution >= 0.6 is 31.9 Å². The number of halogens is 2. The molecule has 0 saturated carbocycles. The Bertz CT molecular complexity index is 893. The zero-order valence-corrected chi connectivity index (χ0v) is 16.3. The summed E-state index contributed by atoms with van der Waals surface area (Å²) < 4.78 is 12.3. The van der Waals surface area contributed by atoms with Gasteiger partial charge in [-0.05, 0) is 58.4 Å². The van der Waals surface area contributed by atoms with Crippen LogP contribution in [0.2, 0.25) is 0 Å².